The smallest absolute Gasteiger partial charge is 0.0932 e. The van der Waals surface area contributed by atoms with Crippen molar-refractivity contribution in [3.8, 4) is 11.3 Å². The molecule has 0 amide bonds. The van der Waals surface area contributed by atoms with Crippen LogP contribution in [0.25, 0.3) is 11.3 Å². The van der Waals surface area contributed by atoms with Crippen LogP contribution in [0.4, 0.5) is 0 Å². The summed E-state index contributed by atoms with van der Waals surface area (Å²) < 4.78 is 0. The van der Waals surface area contributed by atoms with Crippen LogP contribution in [0.2, 0.25) is 0 Å². The van der Waals surface area contributed by atoms with E-state index in [9.17, 15) is 0 Å². The van der Waals surface area contributed by atoms with Gasteiger partial charge < -0.3 is 0 Å². The van der Waals surface area contributed by atoms with E-state index in [-0.39, 0.29) is 5.25 Å². The summed E-state index contributed by atoms with van der Waals surface area (Å²) in [7, 11) is 0. The van der Waals surface area contributed by atoms with E-state index in [4.69, 9.17) is 12.6 Å². The number of aromatic nitrogens is 2. The van der Waals surface area contributed by atoms with Crippen molar-refractivity contribution in [1.82, 2.24) is 9.97 Å². The molecule has 0 bridgehead atoms. The second-order valence-corrected chi connectivity index (χ2v) is 4.99. The first kappa shape index (κ1) is 12.9. The lowest BCUT2D eigenvalue weighted by Crippen LogP contribution is -2.01. The Morgan fingerprint density at radius 3 is 2.05 bits per heavy atom. The van der Waals surface area contributed by atoms with Gasteiger partial charge in [0.15, 0.2) is 0 Å². The van der Waals surface area contributed by atoms with Gasteiger partial charge in [0.2, 0.25) is 0 Å². The van der Waals surface area contributed by atoms with E-state index in [1.807, 2.05) is 48.5 Å². The van der Waals surface area contributed by atoms with Gasteiger partial charge >= 0.3 is 0 Å². The Kier molecular flexibility index (Phi) is 3.79. The summed E-state index contributed by atoms with van der Waals surface area (Å²) >= 11 is 4.73. The topological polar surface area (TPSA) is 25.8 Å². The summed E-state index contributed by atoms with van der Waals surface area (Å²) in [5, 5.41) is -0.0832. The van der Waals surface area contributed by atoms with Crippen LogP contribution >= 0.6 is 12.6 Å². The van der Waals surface area contributed by atoms with E-state index in [1.165, 1.54) is 0 Å². The van der Waals surface area contributed by atoms with Gasteiger partial charge in [-0.05, 0) is 5.56 Å². The summed E-state index contributed by atoms with van der Waals surface area (Å²) in [6.45, 7) is 0. The third-order valence-electron chi connectivity index (χ3n) is 3.15. The second kappa shape index (κ2) is 5.88. The Morgan fingerprint density at radius 2 is 1.35 bits per heavy atom. The van der Waals surface area contributed by atoms with Gasteiger partial charge in [0.05, 0.1) is 16.6 Å². The van der Waals surface area contributed by atoms with Crippen molar-refractivity contribution in [2.24, 2.45) is 0 Å². The molecule has 3 heteroatoms. The molecule has 1 unspecified atom stereocenters. The quantitative estimate of drug-likeness (QED) is 0.728. The lowest BCUT2D eigenvalue weighted by atomic mass is 10.0. The molecule has 0 saturated heterocycles. The lowest BCUT2D eigenvalue weighted by molar-refractivity contribution is 1.02. The molecule has 0 aliphatic carbocycles. The fraction of sp³-hybridized carbons (Fsp3) is 0.0588. The van der Waals surface area contributed by atoms with Gasteiger partial charge in [0.25, 0.3) is 0 Å². The van der Waals surface area contributed by atoms with Crippen LogP contribution in [0.3, 0.4) is 0 Å². The van der Waals surface area contributed by atoms with Crippen molar-refractivity contribution in [1.29, 1.82) is 0 Å². The summed E-state index contributed by atoms with van der Waals surface area (Å²) in [5.74, 6) is 0. The number of benzene rings is 2. The molecule has 2 nitrogen and oxygen atoms in total. The average molecular weight is 278 g/mol. The standard InChI is InChI=1S/C17H14N2S/c20-17(14-9-5-2-6-10-14)16-15(18-11-12-19-16)13-7-3-1-4-8-13/h1-12,17,20H. The Morgan fingerprint density at radius 1 is 0.750 bits per heavy atom. The maximum atomic E-state index is 4.73. The third-order valence-corrected chi connectivity index (χ3v) is 3.69. The molecule has 0 N–H and O–H groups in total. The summed E-state index contributed by atoms with van der Waals surface area (Å²) in [6, 6.07) is 20.2. The fourth-order valence-electron chi connectivity index (χ4n) is 2.16. The average Bonchev–Trinajstić information content (AvgIpc) is 2.56. The highest BCUT2D eigenvalue weighted by Crippen LogP contribution is 2.32. The van der Waals surface area contributed by atoms with Crippen LogP contribution < -0.4 is 0 Å². The molecule has 0 aliphatic heterocycles. The van der Waals surface area contributed by atoms with E-state index >= 15 is 0 Å². The molecule has 1 heterocycles. The molecule has 3 rings (SSSR count). The molecule has 1 atom stereocenters. The highest BCUT2D eigenvalue weighted by molar-refractivity contribution is 7.80. The van der Waals surface area contributed by atoms with E-state index < -0.39 is 0 Å². The van der Waals surface area contributed by atoms with Crippen LogP contribution in [-0.4, -0.2) is 9.97 Å². The molecule has 0 radical (unpaired) electrons. The van der Waals surface area contributed by atoms with Crippen molar-refractivity contribution >= 4 is 12.6 Å². The molecule has 20 heavy (non-hydrogen) atoms. The van der Waals surface area contributed by atoms with Gasteiger partial charge in [0, 0.05) is 18.0 Å². The summed E-state index contributed by atoms with van der Waals surface area (Å²) in [6.07, 6.45) is 3.44. The molecular weight excluding hydrogens is 264 g/mol. The highest BCUT2D eigenvalue weighted by Gasteiger charge is 2.16. The largest absolute Gasteiger partial charge is 0.256 e. The number of hydrogen-bond acceptors (Lipinski definition) is 3. The van der Waals surface area contributed by atoms with Crippen LogP contribution in [0.5, 0.6) is 0 Å². The van der Waals surface area contributed by atoms with Crippen LogP contribution in [0, 0.1) is 0 Å². The van der Waals surface area contributed by atoms with Gasteiger partial charge in [-0.25, -0.2) is 0 Å². The van der Waals surface area contributed by atoms with Crippen LogP contribution in [0.15, 0.2) is 73.1 Å². The Bertz CT molecular complexity index is 684. The molecule has 0 fully saturated rings. The molecule has 2 aromatic carbocycles. The SMILES string of the molecule is SC(c1ccccc1)c1nccnc1-c1ccccc1. The highest BCUT2D eigenvalue weighted by atomic mass is 32.1. The first-order chi connectivity index (χ1) is 9.86. The van der Waals surface area contributed by atoms with Crippen molar-refractivity contribution in [2.75, 3.05) is 0 Å². The number of hydrogen-bond donors (Lipinski definition) is 1. The van der Waals surface area contributed by atoms with Gasteiger partial charge in [-0.1, -0.05) is 60.7 Å². The predicted octanol–water partition coefficient (Wildman–Crippen LogP) is 4.16. The molecule has 0 aliphatic rings. The number of rotatable bonds is 3. The second-order valence-electron chi connectivity index (χ2n) is 4.47. The Labute approximate surface area is 124 Å². The monoisotopic (exact) mass is 278 g/mol. The zero-order valence-electron chi connectivity index (χ0n) is 10.8. The van der Waals surface area contributed by atoms with Gasteiger partial charge in [0.1, 0.15) is 0 Å². The molecule has 0 saturated carbocycles. The van der Waals surface area contributed by atoms with Gasteiger partial charge in [-0.3, -0.25) is 9.97 Å². The zero-order valence-corrected chi connectivity index (χ0v) is 11.7. The molecule has 3 aromatic rings. The molecule has 98 valence electrons. The van der Waals surface area contributed by atoms with Crippen molar-refractivity contribution in [3.63, 3.8) is 0 Å². The summed E-state index contributed by atoms with van der Waals surface area (Å²) in [5.41, 5.74) is 3.95. The van der Waals surface area contributed by atoms with E-state index in [1.54, 1.807) is 12.4 Å². The van der Waals surface area contributed by atoms with Crippen molar-refractivity contribution in [3.05, 3.63) is 84.3 Å². The fourth-order valence-corrected chi connectivity index (χ4v) is 2.52. The Hall–Kier alpha value is -2.13. The third kappa shape index (κ3) is 2.58. The minimum Gasteiger partial charge on any atom is -0.256 e. The lowest BCUT2D eigenvalue weighted by Gasteiger charge is -2.14. The maximum Gasteiger partial charge on any atom is 0.0932 e. The summed E-state index contributed by atoms with van der Waals surface area (Å²) in [4.78, 5) is 8.98. The molecule has 0 spiro atoms. The van der Waals surface area contributed by atoms with Gasteiger partial charge in [-0.2, -0.15) is 12.6 Å². The minimum absolute atomic E-state index is 0.0832. The normalized spacial score (nSPS) is 12.1. The molecular formula is C17H14N2S. The number of thiol groups is 1. The van der Waals surface area contributed by atoms with E-state index in [0.717, 1.165) is 22.5 Å². The van der Waals surface area contributed by atoms with E-state index in [0.29, 0.717) is 0 Å². The predicted molar refractivity (Wildman–Crippen MR) is 84.7 cm³/mol. The Balaban J connectivity index is 2.07. The van der Waals surface area contributed by atoms with Gasteiger partial charge in [-0.15, -0.1) is 0 Å². The van der Waals surface area contributed by atoms with Crippen LogP contribution in [-0.2, 0) is 0 Å². The van der Waals surface area contributed by atoms with E-state index in [2.05, 4.69) is 22.1 Å². The first-order valence-corrected chi connectivity index (χ1v) is 6.97. The van der Waals surface area contributed by atoms with Crippen molar-refractivity contribution < 1.29 is 0 Å². The number of nitrogens with zero attached hydrogens (tertiary/aromatic N) is 2. The van der Waals surface area contributed by atoms with Crippen molar-refractivity contribution in [2.45, 2.75) is 5.25 Å². The first-order valence-electron chi connectivity index (χ1n) is 6.45. The zero-order chi connectivity index (χ0) is 13.8. The van der Waals surface area contributed by atoms with Crippen LogP contribution in [0.1, 0.15) is 16.5 Å². The molecule has 1 aromatic heterocycles. The maximum absolute atomic E-state index is 4.73. The minimum atomic E-state index is -0.0832.